The highest BCUT2D eigenvalue weighted by atomic mass is 19.4. The normalized spacial score (nSPS) is 23.4. The molecule has 1 saturated heterocycles. The minimum absolute atomic E-state index is 0.0773. The number of fused-ring (bicyclic) bond motifs is 1. The first kappa shape index (κ1) is 23.2. The largest absolute Gasteiger partial charge is 0.490 e. The SMILES string of the molecule is FC(F)(F)c1c(OC2CCC(C(F)(F)F)CC2)ccc2ccc(CN3CCCCC3)cc12. The molecule has 1 aliphatic heterocycles. The third-order valence-corrected chi connectivity index (χ3v) is 6.62. The van der Waals surface area contributed by atoms with E-state index >= 15 is 0 Å². The first-order valence-corrected chi connectivity index (χ1v) is 11.2. The molecule has 2 aromatic carbocycles. The Balaban J connectivity index is 1.59. The van der Waals surface area contributed by atoms with E-state index in [2.05, 4.69) is 4.90 Å². The molecule has 0 unspecified atom stereocenters. The summed E-state index contributed by atoms with van der Waals surface area (Å²) in [6.07, 6.45) is -6.25. The summed E-state index contributed by atoms with van der Waals surface area (Å²) in [6.45, 7) is 2.47. The molecule has 0 radical (unpaired) electrons. The van der Waals surface area contributed by atoms with Gasteiger partial charge in [-0.1, -0.05) is 24.6 Å². The van der Waals surface area contributed by atoms with Crippen LogP contribution in [0.25, 0.3) is 10.8 Å². The second kappa shape index (κ2) is 9.12. The fourth-order valence-corrected chi connectivity index (χ4v) is 4.90. The summed E-state index contributed by atoms with van der Waals surface area (Å²) < 4.78 is 86.7. The van der Waals surface area contributed by atoms with Crippen molar-refractivity contribution in [1.82, 2.24) is 4.90 Å². The number of ether oxygens (including phenoxy) is 1. The summed E-state index contributed by atoms with van der Waals surface area (Å²) in [4.78, 5) is 2.25. The topological polar surface area (TPSA) is 12.5 Å². The molecule has 2 nitrogen and oxygen atoms in total. The molecule has 0 atom stereocenters. The van der Waals surface area contributed by atoms with Gasteiger partial charge in [-0.05, 0) is 80.1 Å². The van der Waals surface area contributed by atoms with Crippen molar-refractivity contribution in [3.63, 3.8) is 0 Å². The van der Waals surface area contributed by atoms with Crippen LogP contribution >= 0.6 is 0 Å². The van der Waals surface area contributed by atoms with Gasteiger partial charge >= 0.3 is 12.4 Å². The molecule has 2 fully saturated rings. The van der Waals surface area contributed by atoms with Gasteiger partial charge in [0.05, 0.1) is 12.0 Å². The Hall–Kier alpha value is -1.96. The standard InChI is InChI=1S/C24H27F6NO/c25-23(26,27)18-7-9-19(10-8-18)32-21-11-6-17-5-4-16(15-31-12-2-1-3-13-31)14-20(17)22(21)24(28,29)30/h4-6,11,14,18-19H,1-3,7-10,12-13,15H2. The second-order valence-electron chi connectivity index (χ2n) is 8.96. The molecule has 0 amide bonds. The van der Waals surface area contributed by atoms with Crippen molar-refractivity contribution < 1.29 is 31.1 Å². The van der Waals surface area contributed by atoms with Gasteiger partial charge in [-0.2, -0.15) is 26.3 Å². The predicted octanol–water partition coefficient (Wildman–Crippen LogP) is 7.34. The van der Waals surface area contributed by atoms with Gasteiger partial charge in [-0.25, -0.2) is 0 Å². The molecule has 0 N–H and O–H groups in total. The minimum Gasteiger partial charge on any atom is -0.490 e. The van der Waals surface area contributed by atoms with E-state index in [1.807, 2.05) is 6.07 Å². The van der Waals surface area contributed by atoms with Crippen LogP contribution in [-0.2, 0) is 12.7 Å². The molecule has 2 aromatic rings. The van der Waals surface area contributed by atoms with Crippen LogP contribution in [0.4, 0.5) is 26.3 Å². The highest BCUT2D eigenvalue weighted by Gasteiger charge is 2.42. The number of piperidine rings is 1. The van der Waals surface area contributed by atoms with E-state index < -0.39 is 29.9 Å². The monoisotopic (exact) mass is 459 g/mol. The number of alkyl halides is 6. The van der Waals surface area contributed by atoms with Gasteiger partial charge in [0.25, 0.3) is 0 Å². The fraction of sp³-hybridized carbons (Fsp3) is 0.583. The number of benzene rings is 2. The lowest BCUT2D eigenvalue weighted by Crippen LogP contribution is -2.32. The van der Waals surface area contributed by atoms with Gasteiger partial charge in [-0.3, -0.25) is 4.90 Å². The molecular weight excluding hydrogens is 432 g/mol. The first-order chi connectivity index (χ1) is 15.1. The summed E-state index contributed by atoms with van der Waals surface area (Å²) in [5.74, 6) is -1.70. The summed E-state index contributed by atoms with van der Waals surface area (Å²) >= 11 is 0. The third-order valence-electron chi connectivity index (χ3n) is 6.62. The lowest BCUT2D eigenvalue weighted by Gasteiger charge is -2.31. The molecule has 0 spiro atoms. The smallest absolute Gasteiger partial charge is 0.420 e. The van der Waals surface area contributed by atoms with Crippen LogP contribution in [0.3, 0.4) is 0 Å². The highest BCUT2D eigenvalue weighted by molar-refractivity contribution is 5.89. The van der Waals surface area contributed by atoms with Crippen molar-refractivity contribution in [3.05, 3.63) is 41.5 Å². The number of nitrogens with zero attached hydrogens (tertiary/aromatic N) is 1. The second-order valence-corrected chi connectivity index (χ2v) is 8.96. The Morgan fingerprint density at radius 2 is 1.50 bits per heavy atom. The Morgan fingerprint density at radius 3 is 2.12 bits per heavy atom. The van der Waals surface area contributed by atoms with E-state index in [-0.39, 0.29) is 36.8 Å². The molecule has 32 heavy (non-hydrogen) atoms. The Kier molecular flexibility index (Phi) is 6.61. The Morgan fingerprint density at radius 1 is 0.844 bits per heavy atom. The lowest BCUT2D eigenvalue weighted by molar-refractivity contribution is -0.185. The van der Waals surface area contributed by atoms with Crippen LogP contribution < -0.4 is 4.74 Å². The Labute approximate surface area is 183 Å². The van der Waals surface area contributed by atoms with Crippen molar-refractivity contribution in [2.24, 2.45) is 5.92 Å². The quantitative estimate of drug-likeness (QED) is 0.444. The predicted molar refractivity (Wildman–Crippen MR) is 111 cm³/mol. The third kappa shape index (κ3) is 5.33. The number of rotatable bonds is 4. The summed E-state index contributed by atoms with van der Waals surface area (Å²) in [5, 5.41) is 0.543. The maximum atomic E-state index is 14.1. The average Bonchev–Trinajstić information content (AvgIpc) is 2.73. The highest BCUT2D eigenvalue weighted by Crippen LogP contribution is 2.44. The zero-order valence-electron chi connectivity index (χ0n) is 17.7. The van der Waals surface area contributed by atoms with Crippen molar-refractivity contribution >= 4 is 10.8 Å². The zero-order chi connectivity index (χ0) is 22.9. The van der Waals surface area contributed by atoms with Crippen molar-refractivity contribution in [2.75, 3.05) is 13.1 Å². The van der Waals surface area contributed by atoms with Crippen LogP contribution in [-0.4, -0.2) is 30.3 Å². The molecule has 2 aliphatic rings. The van der Waals surface area contributed by atoms with Gasteiger partial charge in [0.2, 0.25) is 0 Å². The molecule has 1 aliphatic carbocycles. The van der Waals surface area contributed by atoms with E-state index in [0.29, 0.717) is 11.9 Å². The van der Waals surface area contributed by atoms with Gasteiger partial charge in [0, 0.05) is 6.54 Å². The summed E-state index contributed by atoms with van der Waals surface area (Å²) in [5.41, 5.74) is -0.0267. The molecule has 0 bridgehead atoms. The number of hydrogen-bond donors (Lipinski definition) is 0. The van der Waals surface area contributed by atoms with E-state index in [4.69, 9.17) is 4.74 Å². The van der Waals surface area contributed by atoms with Gasteiger partial charge in [-0.15, -0.1) is 0 Å². The van der Waals surface area contributed by atoms with E-state index in [0.717, 1.165) is 31.5 Å². The number of hydrogen-bond acceptors (Lipinski definition) is 2. The van der Waals surface area contributed by atoms with Gasteiger partial charge < -0.3 is 4.74 Å². The summed E-state index contributed by atoms with van der Waals surface area (Å²) in [6, 6.07) is 8.02. The maximum absolute atomic E-state index is 14.1. The molecule has 4 rings (SSSR count). The molecule has 1 saturated carbocycles. The Bertz CT molecular complexity index is 924. The van der Waals surface area contributed by atoms with Gasteiger partial charge in [0.1, 0.15) is 11.3 Å². The fourth-order valence-electron chi connectivity index (χ4n) is 4.90. The van der Waals surface area contributed by atoms with E-state index in [1.54, 1.807) is 18.2 Å². The first-order valence-electron chi connectivity index (χ1n) is 11.2. The van der Waals surface area contributed by atoms with Crippen LogP contribution in [0.1, 0.15) is 56.1 Å². The molecule has 1 heterocycles. The number of likely N-dealkylation sites (tertiary alicyclic amines) is 1. The lowest BCUT2D eigenvalue weighted by atomic mass is 9.87. The average molecular weight is 459 g/mol. The molecule has 0 aromatic heterocycles. The van der Waals surface area contributed by atoms with Crippen LogP contribution in [0, 0.1) is 5.92 Å². The molecular formula is C24H27F6NO. The summed E-state index contributed by atoms with van der Waals surface area (Å²) in [7, 11) is 0. The molecule has 176 valence electrons. The minimum atomic E-state index is -4.64. The zero-order valence-corrected chi connectivity index (χ0v) is 17.7. The van der Waals surface area contributed by atoms with Crippen LogP contribution in [0.5, 0.6) is 5.75 Å². The number of halogens is 6. The van der Waals surface area contributed by atoms with Gasteiger partial charge in [0.15, 0.2) is 0 Å². The van der Waals surface area contributed by atoms with E-state index in [1.165, 1.54) is 12.5 Å². The van der Waals surface area contributed by atoms with Crippen molar-refractivity contribution in [2.45, 2.75) is 69.9 Å². The van der Waals surface area contributed by atoms with Crippen LogP contribution in [0.2, 0.25) is 0 Å². The maximum Gasteiger partial charge on any atom is 0.420 e. The van der Waals surface area contributed by atoms with E-state index in [9.17, 15) is 26.3 Å². The van der Waals surface area contributed by atoms with Crippen molar-refractivity contribution in [1.29, 1.82) is 0 Å². The van der Waals surface area contributed by atoms with Crippen LogP contribution in [0.15, 0.2) is 30.3 Å². The van der Waals surface area contributed by atoms with Crippen molar-refractivity contribution in [3.8, 4) is 5.75 Å². The molecule has 8 heteroatoms.